The lowest BCUT2D eigenvalue weighted by atomic mass is 9.80. The van der Waals surface area contributed by atoms with Crippen LogP contribution in [-0.4, -0.2) is 9.78 Å². The van der Waals surface area contributed by atoms with E-state index in [-0.39, 0.29) is 5.41 Å². The molecule has 1 heterocycles. The Morgan fingerprint density at radius 1 is 0.818 bits per heavy atom. The first-order valence-corrected chi connectivity index (χ1v) is 8.18. The monoisotopic (exact) mass is 298 g/mol. The van der Waals surface area contributed by atoms with Gasteiger partial charge in [-0.1, -0.05) is 58.9 Å². The van der Waals surface area contributed by atoms with Gasteiger partial charge in [0.25, 0.3) is 0 Å². The van der Waals surface area contributed by atoms with Crippen LogP contribution in [0.15, 0.2) is 36.7 Å². The molecule has 0 bridgehead atoms. The average molecular weight is 298 g/mol. The van der Waals surface area contributed by atoms with E-state index in [0.29, 0.717) is 5.41 Å². The van der Waals surface area contributed by atoms with E-state index < -0.39 is 0 Å². The third-order valence-electron chi connectivity index (χ3n) is 3.88. The molecule has 0 aliphatic heterocycles. The van der Waals surface area contributed by atoms with E-state index in [0.717, 1.165) is 19.3 Å². The molecule has 0 spiro atoms. The molecule has 2 heteroatoms. The van der Waals surface area contributed by atoms with Crippen LogP contribution in [0, 0.1) is 10.8 Å². The molecule has 0 aliphatic carbocycles. The van der Waals surface area contributed by atoms with Crippen LogP contribution in [0.3, 0.4) is 0 Å². The number of rotatable bonds is 5. The van der Waals surface area contributed by atoms with E-state index in [9.17, 15) is 0 Å². The van der Waals surface area contributed by atoms with Crippen LogP contribution in [-0.2, 0) is 26.3 Å². The Bertz CT molecular complexity index is 597. The van der Waals surface area contributed by atoms with Gasteiger partial charge in [0, 0.05) is 13.2 Å². The molecule has 1 aromatic carbocycles. The van der Waals surface area contributed by atoms with Crippen LogP contribution in [0.2, 0.25) is 0 Å². The molecule has 0 unspecified atom stereocenters. The molecule has 0 fully saturated rings. The van der Waals surface area contributed by atoms with Crippen molar-refractivity contribution in [1.82, 2.24) is 9.78 Å². The van der Waals surface area contributed by atoms with Gasteiger partial charge >= 0.3 is 0 Å². The van der Waals surface area contributed by atoms with Crippen LogP contribution < -0.4 is 0 Å². The summed E-state index contributed by atoms with van der Waals surface area (Å²) in [6.45, 7) is 11.5. The van der Waals surface area contributed by atoms with Crippen molar-refractivity contribution in [2.45, 2.75) is 53.9 Å². The summed E-state index contributed by atoms with van der Waals surface area (Å²) in [6, 6.07) is 9.18. The fourth-order valence-electron chi connectivity index (χ4n) is 3.12. The Kier molecular flexibility index (Phi) is 4.79. The number of aryl methyl sites for hydroxylation is 1. The first kappa shape index (κ1) is 16.8. The van der Waals surface area contributed by atoms with Gasteiger partial charge in [0.15, 0.2) is 0 Å². The topological polar surface area (TPSA) is 17.8 Å². The van der Waals surface area contributed by atoms with E-state index in [1.165, 1.54) is 16.7 Å². The first-order valence-electron chi connectivity index (χ1n) is 8.18. The van der Waals surface area contributed by atoms with Gasteiger partial charge in [-0.05, 0) is 46.8 Å². The summed E-state index contributed by atoms with van der Waals surface area (Å²) in [5.41, 5.74) is 4.76. The highest BCUT2D eigenvalue weighted by atomic mass is 15.2. The molecule has 1 aromatic heterocycles. The van der Waals surface area contributed by atoms with Gasteiger partial charge in [0.1, 0.15) is 0 Å². The van der Waals surface area contributed by atoms with E-state index in [1.807, 2.05) is 17.9 Å². The lowest BCUT2D eigenvalue weighted by Gasteiger charge is -2.24. The van der Waals surface area contributed by atoms with E-state index in [2.05, 4.69) is 70.2 Å². The molecule has 0 saturated carbocycles. The molecule has 2 nitrogen and oxygen atoms in total. The highest BCUT2D eigenvalue weighted by Crippen LogP contribution is 2.27. The van der Waals surface area contributed by atoms with Crippen LogP contribution >= 0.6 is 0 Å². The molecule has 0 amide bonds. The predicted octanol–water partition coefficient (Wildman–Crippen LogP) is 4.82. The van der Waals surface area contributed by atoms with Gasteiger partial charge < -0.3 is 0 Å². The minimum atomic E-state index is 0.245. The van der Waals surface area contributed by atoms with Crippen molar-refractivity contribution in [3.63, 3.8) is 0 Å². The second-order valence-electron chi connectivity index (χ2n) is 8.59. The lowest BCUT2D eigenvalue weighted by molar-refractivity contribution is 0.360. The van der Waals surface area contributed by atoms with Gasteiger partial charge in [-0.3, -0.25) is 4.68 Å². The maximum atomic E-state index is 4.27. The van der Waals surface area contributed by atoms with Crippen LogP contribution in [0.1, 0.15) is 51.3 Å². The van der Waals surface area contributed by atoms with Crippen molar-refractivity contribution in [2.24, 2.45) is 17.9 Å². The maximum absolute atomic E-state index is 4.27. The van der Waals surface area contributed by atoms with E-state index >= 15 is 0 Å². The fourth-order valence-corrected chi connectivity index (χ4v) is 3.12. The van der Waals surface area contributed by atoms with Gasteiger partial charge in [-0.2, -0.15) is 5.10 Å². The normalized spacial score (nSPS) is 12.6. The lowest BCUT2D eigenvalue weighted by Crippen LogP contribution is -2.18. The third kappa shape index (κ3) is 5.32. The Labute approximate surface area is 135 Å². The molecule has 120 valence electrons. The fraction of sp³-hybridized carbons (Fsp3) is 0.550. The molecular formula is C20H30N2. The zero-order valence-electron chi connectivity index (χ0n) is 15.0. The predicted molar refractivity (Wildman–Crippen MR) is 94.0 cm³/mol. The standard InChI is InChI=1S/C20H30N2/c1-19(2,3)11-16-7-9-17(10-8-16)12-20(4,5)13-18-14-21-22(6)15-18/h7-10,14-15H,11-13H2,1-6H3. The zero-order valence-corrected chi connectivity index (χ0v) is 15.0. The third-order valence-corrected chi connectivity index (χ3v) is 3.88. The number of benzene rings is 1. The van der Waals surface area contributed by atoms with Crippen molar-refractivity contribution < 1.29 is 0 Å². The van der Waals surface area contributed by atoms with Gasteiger partial charge in [0.05, 0.1) is 6.20 Å². The summed E-state index contributed by atoms with van der Waals surface area (Å²) in [5.74, 6) is 0. The van der Waals surface area contributed by atoms with Crippen molar-refractivity contribution in [3.8, 4) is 0 Å². The Balaban J connectivity index is 2.00. The molecule has 0 aliphatic rings. The van der Waals surface area contributed by atoms with E-state index in [1.54, 1.807) is 0 Å². The molecule has 2 rings (SSSR count). The summed E-state index contributed by atoms with van der Waals surface area (Å²) < 4.78 is 1.88. The second kappa shape index (κ2) is 6.28. The quantitative estimate of drug-likeness (QED) is 0.774. The van der Waals surface area contributed by atoms with Gasteiger partial charge in [-0.25, -0.2) is 0 Å². The summed E-state index contributed by atoms with van der Waals surface area (Å²) in [5, 5.41) is 4.27. The zero-order chi connectivity index (χ0) is 16.4. The number of hydrogen-bond acceptors (Lipinski definition) is 1. The number of aromatic nitrogens is 2. The van der Waals surface area contributed by atoms with Crippen molar-refractivity contribution in [3.05, 3.63) is 53.3 Å². The molecule has 0 atom stereocenters. The summed E-state index contributed by atoms with van der Waals surface area (Å²) in [6.07, 6.45) is 7.39. The van der Waals surface area contributed by atoms with Crippen molar-refractivity contribution in [1.29, 1.82) is 0 Å². The molecule has 22 heavy (non-hydrogen) atoms. The maximum Gasteiger partial charge on any atom is 0.0521 e. The minimum Gasteiger partial charge on any atom is -0.276 e. The number of nitrogens with zero attached hydrogens (tertiary/aromatic N) is 2. The SMILES string of the molecule is Cn1cc(CC(C)(C)Cc2ccc(CC(C)(C)C)cc2)cn1. The first-order chi connectivity index (χ1) is 10.1. The van der Waals surface area contributed by atoms with Crippen LogP contribution in [0.5, 0.6) is 0 Å². The number of hydrogen-bond donors (Lipinski definition) is 0. The molecular weight excluding hydrogens is 268 g/mol. The molecule has 0 radical (unpaired) electrons. The van der Waals surface area contributed by atoms with Crippen molar-refractivity contribution >= 4 is 0 Å². The molecule has 0 saturated heterocycles. The Morgan fingerprint density at radius 2 is 1.32 bits per heavy atom. The van der Waals surface area contributed by atoms with Crippen molar-refractivity contribution in [2.75, 3.05) is 0 Å². The average Bonchev–Trinajstić information content (AvgIpc) is 2.74. The minimum absolute atomic E-state index is 0.245. The largest absolute Gasteiger partial charge is 0.276 e. The van der Waals surface area contributed by atoms with Crippen LogP contribution in [0.25, 0.3) is 0 Å². The Morgan fingerprint density at radius 3 is 1.77 bits per heavy atom. The van der Waals surface area contributed by atoms with E-state index in [4.69, 9.17) is 0 Å². The highest BCUT2D eigenvalue weighted by molar-refractivity contribution is 5.24. The second-order valence-corrected chi connectivity index (χ2v) is 8.59. The smallest absolute Gasteiger partial charge is 0.0521 e. The summed E-state index contributed by atoms with van der Waals surface area (Å²) in [4.78, 5) is 0. The summed E-state index contributed by atoms with van der Waals surface area (Å²) in [7, 11) is 1.98. The highest BCUT2D eigenvalue weighted by Gasteiger charge is 2.20. The van der Waals surface area contributed by atoms with Gasteiger partial charge in [0.2, 0.25) is 0 Å². The Hall–Kier alpha value is -1.57. The van der Waals surface area contributed by atoms with Crippen LogP contribution in [0.4, 0.5) is 0 Å². The molecule has 2 aromatic rings. The molecule has 0 N–H and O–H groups in total. The summed E-state index contributed by atoms with van der Waals surface area (Å²) >= 11 is 0. The van der Waals surface area contributed by atoms with Gasteiger partial charge in [-0.15, -0.1) is 0 Å².